The fourth-order valence-electron chi connectivity index (χ4n) is 2.95. The monoisotopic (exact) mass is 273 g/mol. The molecule has 0 amide bonds. The first-order valence-electron chi connectivity index (χ1n) is 6.81. The molecule has 0 radical (unpaired) electrons. The summed E-state index contributed by atoms with van der Waals surface area (Å²) in [5.74, 6) is -0.383. The average molecular weight is 273 g/mol. The van der Waals surface area contributed by atoms with Crippen molar-refractivity contribution in [3.05, 3.63) is 70.8 Å². The van der Waals surface area contributed by atoms with E-state index in [4.69, 9.17) is 0 Å². The maximum Gasteiger partial charge on any atom is 0.127 e. The van der Waals surface area contributed by atoms with Crippen LogP contribution in [0.2, 0.25) is 0 Å². The van der Waals surface area contributed by atoms with Gasteiger partial charge in [0.15, 0.2) is 0 Å². The highest BCUT2D eigenvalue weighted by Crippen LogP contribution is 2.34. The van der Waals surface area contributed by atoms with Crippen molar-refractivity contribution >= 4 is 0 Å². The summed E-state index contributed by atoms with van der Waals surface area (Å²) >= 11 is 0. The van der Waals surface area contributed by atoms with Crippen LogP contribution in [0.4, 0.5) is 8.78 Å². The molecule has 1 saturated heterocycles. The van der Waals surface area contributed by atoms with Gasteiger partial charge in [0.2, 0.25) is 0 Å². The molecule has 1 fully saturated rings. The van der Waals surface area contributed by atoms with Gasteiger partial charge >= 0.3 is 0 Å². The SMILES string of the molecule is Cc1cc(F)ccc1CC1(c2ccccc2F)CNC1. The second-order valence-corrected chi connectivity index (χ2v) is 5.61. The van der Waals surface area contributed by atoms with E-state index in [9.17, 15) is 8.78 Å². The quantitative estimate of drug-likeness (QED) is 0.904. The number of hydrogen-bond donors (Lipinski definition) is 1. The third kappa shape index (κ3) is 2.22. The molecule has 1 N–H and O–H groups in total. The Balaban J connectivity index is 1.96. The van der Waals surface area contributed by atoms with E-state index in [2.05, 4.69) is 5.32 Å². The van der Waals surface area contributed by atoms with Gasteiger partial charge in [0.25, 0.3) is 0 Å². The van der Waals surface area contributed by atoms with Crippen LogP contribution in [-0.4, -0.2) is 13.1 Å². The summed E-state index contributed by atoms with van der Waals surface area (Å²) in [5, 5.41) is 3.24. The van der Waals surface area contributed by atoms with Crippen molar-refractivity contribution in [1.29, 1.82) is 0 Å². The third-order valence-electron chi connectivity index (χ3n) is 4.21. The van der Waals surface area contributed by atoms with E-state index in [0.717, 1.165) is 36.2 Å². The summed E-state index contributed by atoms with van der Waals surface area (Å²) in [6.45, 7) is 3.41. The molecular weight excluding hydrogens is 256 g/mol. The fraction of sp³-hybridized carbons (Fsp3) is 0.294. The van der Waals surface area contributed by atoms with Crippen molar-refractivity contribution in [2.45, 2.75) is 18.8 Å². The molecule has 3 rings (SSSR count). The number of hydrogen-bond acceptors (Lipinski definition) is 1. The zero-order valence-corrected chi connectivity index (χ0v) is 11.4. The maximum atomic E-state index is 14.1. The molecule has 0 unspecified atom stereocenters. The summed E-state index contributed by atoms with van der Waals surface area (Å²) in [4.78, 5) is 0. The highest BCUT2D eigenvalue weighted by atomic mass is 19.1. The average Bonchev–Trinajstić information content (AvgIpc) is 2.37. The van der Waals surface area contributed by atoms with Crippen molar-refractivity contribution in [2.24, 2.45) is 0 Å². The van der Waals surface area contributed by atoms with Crippen LogP contribution in [0.15, 0.2) is 42.5 Å². The molecule has 2 aromatic rings. The van der Waals surface area contributed by atoms with Crippen LogP contribution in [-0.2, 0) is 11.8 Å². The van der Waals surface area contributed by atoms with Gasteiger partial charge in [-0.25, -0.2) is 8.78 Å². The number of benzene rings is 2. The lowest BCUT2D eigenvalue weighted by molar-refractivity contribution is 0.265. The second kappa shape index (κ2) is 4.98. The van der Waals surface area contributed by atoms with Crippen LogP contribution in [0.1, 0.15) is 16.7 Å². The first-order chi connectivity index (χ1) is 9.61. The third-order valence-corrected chi connectivity index (χ3v) is 4.21. The summed E-state index contributed by atoms with van der Waals surface area (Å²) < 4.78 is 27.3. The largest absolute Gasteiger partial charge is 0.315 e. The molecule has 0 aliphatic carbocycles. The molecule has 2 aromatic carbocycles. The second-order valence-electron chi connectivity index (χ2n) is 5.61. The lowest BCUT2D eigenvalue weighted by Crippen LogP contribution is -2.58. The number of halogens is 2. The Bertz CT molecular complexity index is 633. The minimum atomic E-state index is -0.224. The standard InChI is InChI=1S/C17H17F2N/c1-12-8-14(18)7-6-13(12)9-17(10-20-11-17)15-4-2-3-5-16(15)19/h2-8,20H,9-11H2,1H3. The number of nitrogens with one attached hydrogen (secondary N) is 1. The minimum absolute atomic E-state index is 0.159. The lowest BCUT2D eigenvalue weighted by Gasteiger charge is -2.44. The molecule has 1 aliphatic heterocycles. The van der Waals surface area contributed by atoms with E-state index in [1.807, 2.05) is 25.1 Å². The van der Waals surface area contributed by atoms with Gasteiger partial charge in [-0.15, -0.1) is 0 Å². The van der Waals surface area contributed by atoms with Crippen molar-refractivity contribution in [2.75, 3.05) is 13.1 Å². The first kappa shape index (κ1) is 13.3. The molecule has 0 aromatic heterocycles. The van der Waals surface area contributed by atoms with Crippen molar-refractivity contribution < 1.29 is 8.78 Å². The van der Waals surface area contributed by atoms with E-state index >= 15 is 0 Å². The van der Waals surface area contributed by atoms with Crippen LogP contribution >= 0.6 is 0 Å². The molecule has 3 heteroatoms. The van der Waals surface area contributed by atoms with E-state index < -0.39 is 0 Å². The zero-order valence-electron chi connectivity index (χ0n) is 11.4. The predicted molar refractivity (Wildman–Crippen MR) is 75.8 cm³/mol. The van der Waals surface area contributed by atoms with Crippen LogP contribution in [0.25, 0.3) is 0 Å². The summed E-state index contributed by atoms with van der Waals surface area (Å²) in [6, 6.07) is 11.8. The van der Waals surface area contributed by atoms with Gasteiger partial charge in [0.1, 0.15) is 11.6 Å². The van der Waals surface area contributed by atoms with Crippen LogP contribution in [0, 0.1) is 18.6 Å². The Kier molecular flexibility index (Phi) is 3.30. The Morgan fingerprint density at radius 3 is 2.45 bits per heavy atom. The predicted octanol–water partition coefficient (Wildman–Crippen LogP) is 3.36. The molecule has 0 saturated carbocycles. The number of aryl methyl sites for hydroxylation is 1. The zero-order chi connectivity index (χ0) is 14.2. The van der Waals surface area contributed by atoms with Crippen LogP contribution < -0.4 is 5.32 Å². The van der Waals surface area contributed by atoms with Crippen LogP contribution in [0.3, 0.4) is 0 Å². The van der Waals surface area contributed by atoms with Gasteiger partial charge in [-0.2, -0.15) is 0 Å². The Morgan fingerprint density at radius 1 is 1.10 bits per heavy atom. The summed E-state index contributed by atoms with van der Waals surface area (Å²) in [6.07, 6.45) is 0.729. The van der Waals surface area contributed by atoms with E-state index in [1.165, 1.54) is 18.2 Å². The van der Waals surface area contributed by atoms with Gasteiger partial charge in [-0.3, -0.25) is 0 Å². The van der Waals surface area contributed by atoms with Gasteiger partial charge in [0, 0.05) is 18.5 Å². The van der Waals surface area contributed by atoms with Crippen molar-refractivity contribution in [3.63, 3.8) is 0 Å². The topological polar surface area (TPSA) is 12.0 Å². The number of rotatable bonds is 3. The van der Waals surface area contributed by atoms with Gasteiger partial charge in [-0.05, 0) is 48.2 Å². The van der Waals surface area contributed by atoms with E-state index in [1.54, 1.807) is 6.07 Å². The highest BCUT2D eigenvalue weighted by Gasteiger charge is 2.40. The lowest BCUT2D eigenvalue weighted by atomic mass is 9.70. The van der Waals surface area contributed by atoms with E-state index in [-0.39, 0.29) is 17.0 Å². The Hall–Kier alpha value is -1.74. The van der Waals surface area contributed by atoms with Gasteiger partial charge in [0.05, 0.1) is 0 Å². The molecule has 1 nitrogen and oxygen atoms in total. The fourth-order valence-corrected chi connectivity index (χ4v) is 2.95. The normalized spacial score (nSPS) is 16.8. The molecular formula is C17H17F2N. The molecule has 0 atom stereocenters. The van der Waals surface area contributed by atoms with Gasteiger partial charge < -0.3 is 5.32 Å². The molecule has 0 bridgehead atoms. The summed E-state index contributed by atoms with van der Waals surface area (Å²) in [7, 11) is 0. The van der Waals surface area contributed by atoms with Crippen LogP contribution in [0.5, 0.6) is 0 Å². The Labute approximate surface area is 117 Å². The molecule has 104 valence electrons. The first-order valence-corrected chi connectivity index (χ1v) is 6.81. The molecule has 20 heavy (non-hydrogen) atoms. The smallest absolute Gasteiger partial charge is 0.127 e. The Morgan fingerprint density at radius 2 is 1.85 bits per heavy atom. The summed E-state index contributed by atoms with van der Waals surface area (Å²) in [5.41, 5.74) is 2.54. The molecule has 1 aliphatic rings. The van der Waals surface area contributed by atoms with Crippen molar-refractivity contribution in [3.8, 4) is 0 Å². The highest BCUT2D eigenvalue weighted by molar-refractivity contribution is 5.37. The molecule has 0 spiro atoms. The van der Waals surface area contributed by atoms with Gasteiger partial charge in [-0.1, -0.05) is 24.3 Å². The molecule has 1 heterocycles. The minimum Gasteiger partial charge on any atom is -0.315 e. The maximum absolute atomic E-state index is 14.1. The van der Waals surface area contributed by atoms with E-state index in [0.29, 0.717) is 0 Å². The van der Waals surface area contributed by atoms with Crippen molar-refractivity contribution in [1.82, 2.24) is 5.32 Å².